The SMILES string of the molecule is O=S1(=O)CCC(NC2CCc3cc(Br)ccc3C2)CC1. The summed E-state index contributed by atoms with van der Waals surface area (Å²) in [5.74, 6) is 0.696. The third-order valence-electron chi connectivity index (χ3n) is 4.42. The largest absolute Gasteiger partial charge is 0.311 e. The van der Waals surface area contributed by atoms with Gasteiger partial charge in [-0.25, -0.2) is 8.42 Å². The van der Waals surface area contributed by atoms with Crippen LogP contribution in [0.1, 0.15) is 30.4 Å². The Hall–Kier alpha value is -0.390. The molecule has 0 bridgehead atoms. The molecule has 0 aromatic heterocycles. The highest BCUT2D eigenvalue weighted by atomic mass is 79.9. The first kappa shape index (κ1) is 14.5. The fourth-order valence-electron chi connectivity index (χ4n) is 3.26. The molecule has 1 N–H and O–H groups in total. The Morgan fingerprint density at radius 1 is 1.05 bits per heavy atom. The Balaban J connectivity index is 1.59. The second-order valence-electron chi connectivity index (χ2n) is 5.95. The molecular weight excluding hydrogens is 338 g/mol. The van der Waals surface area contributed by atoms with E-state index in [-0.39, 0.29) is 0 Å². The average molecular weight is 358 g/mol. The predicted octanol–water partition coefficient (Wildman–Crippen LogP) is 2.47. The minimum absolute atomic E-state index is 0.348. The van der Waals surface area contributed by atoms with Gasteiger partial charge in [0.1, 0.15) is 9.84 Å². The zero-order valence-corrected chi connectivity index (χ0v) is 13.8. The van der Waals surface area contributed by atoms with Gasteiger partial charge in [-0.05, 0) is 55.4 Å². The van der Waals surface area contributed by atoms with Crippen molar-refractivity contribution in [3.05, 3.63) is 33.8 Å². The van der Waals surface area contributed by atoms with Crippen LogP contribution in [0.25, 0.3) is 0 Å². The van der Waals surface area contributed by atoms with Gasteiger partial charge >= 0.3 is 0 Å². The van der Waals surface area contributed by atoms with E-state index in [4.69, 9.17) is 0 Å². The molecule has 1 aromatic rings. The monoisotopic (exact) mass is 357 g/mol. The third kappa shape index (κ3) is 3.43. The molecule has 0 spiro atoms. The van der Waals surface area contributed by atoms with E-state index in [1.165, 1.54) is 11.1 Å². The normalized spacial score (nSPS) is 26.1. The molecule has 1 aliphatic carbocycles. The van der Waals surface area contributed by atoms with Gasteiger partial charge in [0, 0.05) is 16.6 Å². The lowest BCUT2D eigenvalue weighted by Gasteiger charge is -2.31. The molecule has 5 heteroatoms. The number of sulfone groups is 1. The number of benzene rings is 1. The maximum absolute atomic E-state index is 11.5. The van der Waals surface area contributed by atoms with E-state index >= 15 is 0 Å². The zero-order valence-electron chi connectivity index (χ0n) is 11.4. The molecule has 3 rings (SSSR count). The summed E-state index contributed by atoms with van der Waals surface area (Å²) >= 11 is 3.52. The van der Waals surface area contributed by atoms with E-state index in [1.54, 1.807) is 0 Å². The zero-order chi connectivity index (χ0) is 14.2. The minimum atomic E-state index is -2.76. The van der Waals surface area contributed by atoms with Crippen LogP contribution < -0.4 is 5.32 Å². The lowest BCUT2D eigenvalue weighted by molar-refractivity contribution is 0.372. The Labute approximate surface area is 129 Å². The summed E-state index contributed by atoms with van der Waals surface area (Å²) in [4.78, 5) is 0. The molecule has 20 heavy (non-hydrogen) atoms. The van der Waals surface area contributed by atoms with Crippen LogP contribution >= 0.6 is 15.9 Å². The molecule has 110 valence electrons. The van der Waals surface area contributed by atoms with E-state index in [0.717, 1.165) is 36.6 Å². The van der Waals surface area contributed by atoms with Crippen LogP contribution in [-0.2, 0) is 22.7 Å². The number of hydrogen-bond donors (Lipinski definition) is 1. The molecule has 0 radical (unpaired) electrons. The molecule has 1 aromatic carbocycles. The highest BCUT2D eigenvalue weighted by molar-refractivity contribution is 9.10. The summed E-state index contributed by atoms with van der Waals surface area (Å²) in [5, 5.41) is 3.67. The van der Waals surface area contributed by atoms with E-state index < -0.39 is 9.84 Å². The molecule has 1 heterocycles. The van der Waals surface area contributed by atoms with Crippen molar-refractivity contribution in [1.29, 1.82) is 0 Å². The van der Waals surface area contributed by atoms with Gasteiger partial charge in [0.25, 0.3) is 0 Å². The predicted molar refractivity (Wildman–Crippen MR) is 84.8 cm³/mol. The van der Waals surface area contributed by atoms with Crippen molar-refractivity contribution in [3.8, 4) is 0 Å². The Kier molecular flexibility index (Phi) is 4.20. The summed E-state index contributed by atoms with van der Waals surface area (Å²) in [6.45, 7) is 0. The topological polar surface area (TPSA) is 46.2 Å². The van der Waals surface area contributed by atoms with Crippen molar-refractivity contribution in [3.63, 3.8) is 0 Å². The van der Waals surface area contributed by atoms with Crippen LogP contribution in [0.15, 0.2) is 22.7 Å². The van der Waals surface area contributed by atoms with E-state index in [2.05, 4.69) is 39.4 Å². The maximum Gasteiger partial charge on any atom is 0.150 e. The molecule has 2 aliphatic rings. The van der Waals surface area contributed by atoms with Crippen molar-refractivity contribution in [1.82, 2.24) is 5.32 Å². The highest BCUT2D eigenvalue weighted by Crippen LogP contribution is 2.25. The summed E-state index contributed by atoms with van der Waals surface area (Å²) in [7, 11) is -2.76. The molecule has 1 fully saturated rings. The summed E-state index contributed by atoms with van der Waals surface area (Å²) in [6, 6.07) is 7.40. The first-order valence-electron chi connectivity index (χ1n) is 7.26. The van der Waals surface area contributed by atoms with Crippen molar-refractivity contribution in [2.24, 2.45) is 0 Å². The van der Waals surface area contributed by atoms with Gasteiger partial charge in [-0.2, -0.15) is 0 Å². The van der Waals surface area contributed by atoms with Gasteiger partial charge in [0.05, 0.1) is 11.5 Å². The highest BCUT2D eigenvalue weighted by Gasteiger charge is 2.26. The fourth-order valence-corrected chi connectivity index (χ4v) is 5.16. The molecule has 1 unspecified atom stereocenters. The standard InChI is InChI=1S/C15H20BrNO2S/c16-13-3-1-12-10-15(4-2-11(12)9-13)17-14-5-7-20(18,19)8-6-14/h1,3,9,14-15,17H,2,4-8,10H2. The van der Waals surface area contributed by atoms with Crippen molar-refractivity contribution in [2.45, 2.75) is 44.2 Å². The molecular formula is C15H20BrNO2S. The summed E-state index contributed by atoms with van der Waals surface area (Å²) in [5.41, 5.74) is 2.88. The first-order chi connectivity index (χ1) is 9.52. The van der Waals surface area contributed by atoms with E-state index in [0.29, 0.717) is 23.6 Å². The van der Waals surface area contributed by atoms with Gasteiger partial charge in [0.2, 0.25) is 0 Å². The second kappa shape index (κ2) is 5.78. The van der Waals surface area contributed by atoms with Gasteiger partial charge in [-0.3, -0.25) is 0 Å². The average Bonchev–Trinajstić information content (AvgIpc) is 2.41. The van der Waals surface area contributed by atoms with E-state index in [1.807, 2.05) is 0 Å². The summed E-state index contributed by atoms with van der Waals surface area (Å²) in [6.07, 6.45) is 4.86. The third-order valence-corrected chi connectivity index (χ3v) is 6.63. The Bertz CT molecular complexity index is 586. The van der Waals surface area contributed by atoms with Gasteiger partial charge < -0.3 is 5.32 Å². The van der Waals surface area contributed by atoms with Gasteiger partial charge in [-0.1, -0.05) is 22.0 Å². The minimum Gasteiger partial charge on any atom is -0.311 e. The number of halogens is 1. The molecule has 3 nitrogen and oxygen atoms in total. The Morgan fingerprint density at radius 2 is 1.80 bits per heavy atom. The molecule has 1 aliphatic heterocycles. The van der Waals surface area contributed by atoms with Gasteiger partial charge in [0.15, 0.2) is 0 Å². The number of fused-ring (bicyclic) bond motifs is 1. The Morgan fingerprint density at radius 3 is 2.55 bits per heavy atom. The smallest absolute Gasteiger partial charge is 0.150 e. The summed E-state index contributed by atoms with van der Waals surface area (Å²) < 4.78 is 24.1. The maximum atomic E-state index is 11.5. The number of nitrogens with one attached hydrogen (secondary N) is 1. The molecule has 0 amide bonds. The van der Waals surface area contributed by atoms with Gasteiger partial charge in [-0.15, -0.1) is 0 Å². The molecule has 0 saturated carbocycles. The number of aryl methyl sites for hydroxylation is 1. The fraction of sp³-hybridized carbons (Fsp3) is 0.600. The van der Waals surface area contributed by atoms with Crippen LogP contribution in [0.4, 0.5) is 0 Å². The van der Waals surface area contributed by atoms with Crippen molar-refractivity contribution in [2.75, 3.05) is 11.5 Å². The number of rotatable bonds is 2. The van der Waals surface area contributed by atoms with Crippen LogP contribution in [-0.4, -0.2) is 32.0 Å². The van der Waals surface area contributed by atoms with Crippen LogP contribution in [0.5, 0.6) is 0 Å². The molecule has 1 saturated heterocycles. The van der Waals surface area contributed by atoms with Crippen molar-refractivity contribution >= 4 is 25.8 Å². The molecule has 1 atom stereocenters. The van der Waals surface area contributed by atoms with Crippen LogP contribution in [0.2, 0.25) is 0 Å². The van der Waals surface area contributed by atoms with Crippen LogP contribution in [0, 0.1) is 0 Å². The lowest BCUT2D eigenvalue weighted by atomic mass is 9.88. The quantitative estimate of drug-likeness (QED) is 0.884. The van der Waals surface area contributed by atoms with Crippen LogP contribution in [0.3, 0.4) is 0 Å². The lowest BCUT2D eigenvalue weighted by Crippen LogP contribution is -2.45. The van der Waals surface area contributed by atoms with Crippen molar-refractivity contribution < 1.29 is 8.42 Å². The second-order valence-corrected chi connectivity index (χ2v) is 9.16. The first-order valence-corrected chi connectivity index (χ1v) is 9.87. The van der Waals surface area contributed by atoms with E-state index in [9.17, 15) is 8.42 Å². The number of hydrogen-bond acceptors (Lipinski definition) is 3.